The van der Waals surface area contributed by atoms with Gasteiger partial charge in [0.25, 0.3) is 0 Å². The van der Waals surface area contributed by atoms with Crippen molar-refractivity contribution < 1.29 is 63.0 Å². The standard InChI is InChI=1S/C46H82N12O13/c1-9-10-11-12-13-14-16-28-39(64)51-29(17-15-18-47)40(65)57-36(26(7)59)45(70)50-25(6)38(63)53-32(21-34(48)61)42(67)55-33(22-35(49)62)43(68)54-31(20-24(4)5)44(69)58-37(27(8)60)46(71)56-30(19-23(2)3)41(66)52-28/h23-33,36-37,59-60H,9-22,47H2,1-8H3,(H2,48,61)(H2,49,62)(H,50,70)(H,51,64)(H,52,66)(H,53,63)(H,54,68)(H,55,67)(H,56,71)(H,57,65)(H,58,69)/t25-,26+,27+,28+,29-,30+,31+,32-,33+,36-,37-/m0/s1. The second kappa shape index (κ2) is 32.1. The van der Waals surface area contributed by atoms with E-state index in [0.717, 1.165) is 25.7 Å². The van der Waals surface area contributed by atoms with E-state index >= 15 is 0 Å². The van der Waals surface area contributed by atoms with E-state index in [4.69, 9.17) is 17.2 Å². The molecule has 1 saturated heterocycles. The normalized spacial score (nSPS) is 26.3. The molecule has 1 aliphatic rings. The average Bonchev–Trinajstić information content (AvgIpc) is 3.26. The molecule has 1 fully saturated rings. The van der Waals surface area contributed by atoms with Crippen LogP contribution in [0.4, 0.5) is 0 Å². The van der Waals surface area contributed by atoms with Gasteiger partial charge in [-0.3, -0.25) is 52.7 Å². The summed E-state index contributed by atoms with van der Waals surface area (Å²) >= 11 is 0. The maximum atomic E-state index is 14.2. The molecule has 1 heterocycles. The van der Waals surface area contributed by atoms with Crippen LogP contribution in [0.1, 0.15) is 139 Å². The number of nitrogens with one attached hydrogen (secondary N) is 9. The molecule has 0 unspecified atom stereocenters. The van der Waals surface area contributed by atoms with Crippen molar-refractivity contribution in [2.45, 2.75) is 205 Å². The Bertz CT molecular complexity index is 1830. The van der Waals surface area contributed by atoms with Gasteiger partial charge in [-0.25, -0.2) is 0 Å². The van der Waals surface area contributed by atoms with Crippen molar-refractivity contribution in [3.05, 3.63) is 0 Å². The highest BCUT2D eigenvalue weighted by molar-refractivity contribution is 6.00. The highest BCUT2D eigenvalue weighted by atomic mass is 16.3. The van der Waals surface area contributed by atoms with Crippen molar-refractivity contribution >= 4 is 65.0 Å². The Hall–Kier alpha value is -5.95. The Labute approximate surface area is 415 Å². The predicted molar refractivity (Wildman–Crippen MR) is 259 cm³/mol. The van der Waals surface area contributed by atoms with Crippen LogP contribution in [-0.2, 0) is 52.7 Å². The quantitative estimate of drug-likeness (QED) is 0.0526. The Balaban J connectivity index is 4.01. The van der Waals surface area contributed by atoms with E-state index in [-0.39, 0.29) is 50.5 Å². The maximum absolute atomic E-state index is 14.2. The van der Waals surface area contributed by atoms with Crippen LogP contribution in [0.2, 0.25) is 0 Å². The molecule has 0 bridgehead atoms. The summed E-state index contributed by atoms with van der Waals surface area (Å²) in [7, 11) is 0. The molecule has 0 radical (unpaired) electrons. The lowest BCUT2D eigenvalue weighted by Crippen LogP contribution is -2.62. The molecule has 0 saturated carbocycles. The van der Waals surface area contributed by atoms with Gasteiger partial charge >= 0.3 is 0 Å². The molecule has 0 aromatic rings. The first kappa shape index (κ1) is 63.1. The summed E-state index contributed by atoms with van der Waals surface area (Å²) in [5, 5.41) is 43.5. The number of amides is 11. The van der Waals surface area contributed by atoms with Crippen LogP contribution in [0.3, 0.4) is 0 Å². The minimum absolute atomic E-state index is 0.0206. The molecule has 1 rings (SSSR count). The fourth-order valence-corrected chi connectivity index (χ4v) is 7.55. The Kier molecular flexibility index (Phi) is 28.5. The predicted octanol–water partition coefficient (Wildman–Crippen LogP) is -3.52. The molecular formula is C46H82N12O13. The highest BCUT2D eigenvalue weighted by Gasteiger charge is 2.38. The van der Waals surface area contributed by atoms with E-state index in [0.29, 0.717) is 12.8 Å². The molecule has 1 aliphatic heterocycles. The lowest BCUT2D eigenvalue weighted by Gasteiger charge is -2.29. The van der Waals surface area contributed by atoms with Crippen molar-refractivity contribution in [1.82, 2.24) is 47.9 Å². The summed E-state index contributed by atoms with van der Waals surface area (Å²) in [5.41, 5.74) is 16.6. The number of unbranched alkanes of at least 4 members (excludes halogenated alkanes) is 5. The highest BCUT2D eigenvalue weighted by Crippen LogP contribution is 2.14. The molecule has 25 heteroatoms. The molecular weight excluding hydrogens is 929 g/mol. The van der Waals surface area contributed by atoms with Crippen LogP contribution in [0.5, 0.6) is 0 Å². The van der Waals surface area contributed by atoms with Gasteiger partial charge in [-0.1, -0.05) is 73.1 Å². The zero-order chi connectivity index (χ0) is 54.1. The summed E-state index contributed by atoms with van der Waals surface area (Å²) in [6.07, 6.45) is 0.250. The molecule has 404 valence electrons. The van der Waals surface area contributed by atoms with Gasteiger partial charge in [0.2, 0.25) is 65.0 Å². The number of carbonyl (C=O) groups is 11. The molecule has 11 atom stereocenters. The van der Waals surface area contributed by atoms with Gasteiger partial charge in [0.05, 0.1) is 25.0 Å². The molecule has 17 N–H and O–H groups in total. The van der Waals surface area contributed by atoms with Crippen LogP contribution in [-0.4, -0.2) is 148 Å². The van der Waals surface area contributed by atoms with Crippen LogP contribution < -0.4 is 65.1 Å². The SMILES string of the molecule is CCCCCCCC[C@H]1NC(=O)[C@@H](CC(C)C)NC(=O)[C@H]([C@@H](C)O)NC(=O)[C@@H](CC(C)C)NC(=O)[C@@H](CC(N)=O)NC(=O)[C@H](CC(N)=O)NC(=O)[C@H](C)NC(=O)[C@H]([C@@H](C)O)NC(=O)[C@H](CCCN)NC1=O. The summed E-state index contributed by atoms with van der Waals surface area (Å²) in [5.74, 6) is -11.8. The van der Waals surface area contributed by atoms with Gasteiger partial charge in [0.1, 0.15) is 54.4 Å². The van der Waals surface area contributed by atoms with Gasteiger partial charge in [-0.15, -0.1) is 0 Å². The van der Waals surface area contributed by atoms with E-state index in [9.17, 15) is 63.0 Å². The smallest absolute Gasteiger partial charge is 0.245 e. The zero-order valence-electron chi connectivity index (χ0n) is 42.5. The van der Waals surface area contributed by atoms with Crippen molar-refractivity contribution in [1.29, 1.82) is 0 Å². The van der Waals surface area contributed by atoms with Crippen LogP contribution in [0.15, 0.2) is 0 Å². The van der Waals surface area contributed by atoms with Crippen molar-refractivity contribution in [2.75, 3.05) is 6.54 Å². The first-order valence-electron chi connectivity index (χ1n) is 24.6. The second-order valence-corrected chi connectivity index (χ2v) is 19.1. The van der Waals surface area contributed by atoms with E-state index in [1.807, 2.05) is 0 Å². The average molecular weight is 1010 g/mol. The monoisotopic (exact) mass is 1010 g/mol. The molecule has 71 heavy (non-hydrogen) atoms. The van der Waals surface area contributed by atoms with E-state index in [1.54, 1.807) is 27.7 Å². The minimum Gasteiger partial charge on any atom is -0.391 e. The topological polar surface area (TPSA) is 415 Å². The molecule has 25 nitrogen and oxygen atoms in total. The van der Waals surface area contributed by atoms with E-state index < -0.39 is 144 Å². The third-order valence-electron chi connectivity index (χ3n) is 11.4. The van der Waals surface area contributed by atoms with Gasteiger partial charge in [-0.2, -0.15) is 0 Å². The van der Waals surface area contributed by atoms with Gasteiger partial charge < -0.3 is 75.3 Å². The number of hydrogen-bond donors (Lipinski definition) is 14. The lowest BCUT2D eigenvalue weighted by atomic mass is 9.99. The fourth-order valence-electron chi connectivity index (χ4n) is 7.55. The Morgan fingerprint density at radius 1 is 0.451 bits per heavy atom. The maximum Gasteiger partial charge on any atom is 0.245 e. The second-order valence-electron chi connectivity index (χ2n) is 19.1. The first-order chi connectivity index (χ1) is 33.2. The van der Waals surface area contributed by atoms with Gasteiger partial charge in [0.15, 0.2) is 0 Å². The summed E-state index contributed by atoms with van der Waals surface area (Å²) in [4.78, 5) is 149. The molecule has 0 aromatic carbocycles. The summed E-state index contributed by atoms with van der Waals surface area (Å²) in [6.45, 7) is 12.6. The molecule has 0 aromatic heterocycles. The largest absolute Gasteiger partial charge is 0.391 e. The van der Waals surface area contributed by atoms with Crippen LogP contribution in [0, 0.1) is 11.8 Å². The van der Waals surface area contributed by atoms with Crippen LogP contribution >= 0.6 is 0 Å². The molecule has 0 spiro atoms. The number of aliphatic hydroxyl groups excluding tert-OH is 2. The Morgan fingerprint density at radius 2 is 0.775 bits per heavy atom. The van der Waals surface area contributed by atoms with Crippen LogP contribution in [0.25, 0.3) is 0 Å². The Morgan fingerprint density at radius 3 is 1.20 bits per heavy atom. The number of primary amides is 2. The van der Waals surface area contributed by atoms with Crippen molar-refractivity contribution in [3.8, 4) is 0 Å². The van der Waals surface area contributed by atoms with Crippen molar-refractivity contribution in [3.63, 3.8) is 0 Å². The number of hydrogen-bond acceptors (Lipinski definition) is 14. The van der Waals surface area contributed by atoms with E-state index in [2.05, 4.69) is 54.8 Å². The lowest BCUT2D eigenvalue weighted by molar-refractivity contribution is -0.138. The third kappa shape index (κ3) is 23.7. The van der Waals surface area contributed by atoms with Gasteiger partial charge in [-0.05, 0) is 71.3 Å². The first-order valence-corrected chi connectivity index (χ1v) is 24.6. The molecule has 0 aliphatic carbocycles. The number of aliphatic hydroxyl groups is 2. The number of carbonyl (C=O) groups excluding carboxylic acids is 11. The molecule has 11 amide bonds. The summed E-state index contributed by atoms with van der Waals surface area (Å²) in [6, 6.07) is -14.1. The number of rotatable bonds is 20. The summed E-state index contributed by atoms with van der Waals surface area (Å²) < 4.78 is 0. The number of nitrogens with two attached hydrogens (primary N) is 3. The minimum atomic E-state index is -1.82. The fraction of sp³-hybridized carbons (Fsp3) is 0.761. The third-order valence-corrected chi connectivity index (χ3v) is 11.4. The van der Waals surface area contributed by atoms with Gasteiger partial charge in [0, 0.05) is 0 Å². The van der Waals surface area contributed by atoms with E-state index in [1.165, 1.54) is 20.8 Å². The zero-order valence-corrected chi connectivity index (χ0v) is 42.5. The van der Waals surface area contributed by atoms with Crippen molar-refractivity contribution in [2.24, 2.45) is 29.0 Å².